The zero-order valence-electron chi connectivity index (χ0n) is 17.0. The molecular formula is C22H24N2O4S. The van der Waals surface area contributed by atoms with Gasteiger partial charge in [0.1, 0.15) is 12.3 Å². The van der Waals surface area contributed by atoms with Crippen LogP contribution in [0.15, 0.2) is 41.4 Å². The standard InChI is InChI=1S/C22H24N2O4S/c1-5-28-20(26)13-24-18-10-14(2)9-15(3)21(18)29-22(24)23-19(25)12-16-7-6-8-17(11-16)27-4/h6-11H,5,12-13H2,1-4H3. The van der Waals surface area contributed by atoms with Crippen molar-refractivity contribution in [2.75, 3.05) is 13.7 Å². The molecule has 6 nitrogen and oxygen atoms in total. The number of hydrogen-bond donors (Lipinski definition) is 0. The Balaban J connectivity index is 2.03. The predicted molar refractivity (Wildman–Crippen MR) is 113 cm³/mol. The number of aromatic nitrogens is 1. The highest BCUT2D eigenvalue weighted by molar-refractivity contribution is 7.16. The number of hydrogen-bond acceptors (Lipinski definition) is 5. The molecule has 3 aromatic rings. The molecule has 3 rings (SSSR count). The maximum absolute atomic E-state index is 12.6. The van der Waals surface area contributed by atoms with Crippen molar-refractivity contribution >= 4 is 33.4 Å². The summed E-state index contributed by atoms with van der Waals surface area (Å²) in [4.78, 5) is 29.6. The summed E-state index contributed by atoms with van der Waals surface area (Å²) < 4.78 is 13.1. The molecule has 0 bridgehead atoms. The molecule has 0 unspecified atom stereocenters. The summed E-state index contributed by atoms with van der Waals surface area (Å²) in [5, 5.41) is 0. The number of nitrogens with zero attached hydrogens (tertiary/aromatic N) is 2. The Hall–Kier alpha value is -2.93. The number of ether oxygens (including phenoxy) is 2. The van der Waals surface area contributed by atoms with Gasteiger partial charge in [-0.1, -0.05) is 29.5 Å². The number of carbonyl (C=O) groups is 2. The minimum Gasteiger partial charge on any atom is -0.497 e. The van der Waals surface area contributed by atoms with E-state index in [9.17, 15) is 9.59 Å². The molecule has 0 N–H and O–H groups in total. The van der Waals surface area contributed by atoms with Crippen LogP contribution in [0.5, 0.6) is 5.75 Å². The number of amides is 1. The lowest BCUT2D eigenvalue weighted by atomic mass is 10.1. The molecule has 0 atom stereocenters. The van der Waals surface area contributed by atoms with Crippen molar-refractivity contribution in [2.24, 2.45) is 4.99 Å². The average molecular weight is 413 g/mol. The lowest BCUT2D eigenvalue weighted by molar-refractivity contribution is -0.143. The first-order valence-electron chi connectivity index (χ1n) is 9.38. The monoisotopic (exact) mass is 412 g/mol. The van der Waals surface area contributed by atoms with Crippen molar-refractivity contribution in [3.05, 3.63) is 57.9 Å². The van der Waals surface area contributed by atoms with E-state index in [1.165, 1.54) is 11.3 Å². The van der Waals surface area contributed by atoms with Gasteiger partial charge < -0.3 is 14.0 Å². The molecule has 1 aromatic heterocycles. The predicted octanol–water partition coefficient (Wildman–Crippen LogP) is 3.56. The molecule has 1 amide bonds. The lowest BCUT2D eigenvalue weighted by Gasteiger charge is -2.06. The third kappa shape index (κ3) is 4.92. The molecule has 29 heavy (non-hydrogen) atoms. The molecule has 0 spiro atoms. The Morgan fingerprint density at radius 3 is 2.69 bits per heavy atom. The van der Waals surface area contributed by atoms with Gasteiger partial charge in [-0.3, -0.25) is 9.59 Å². The average Bonchev–Trinajstić information content (AvgIpc) is 2.99. The minimum absolute atomic E-state index is 0.0159. The van der Waals surface area contributed by atoms with Crippen LogP contribution in [0.3, 0.4) is 0 Å². The summed E-state index contributed by atoms with van der Waals surface area (Å²) in [5.41, 5.74) is 3.88. The second-order valence-electron chi connectivity index (χ2n) is 6.74. The van der Waals surface area contributed by atoms with E-state index >= 15 is 0 Å². The highest BCUT2D eigenvalue weighted by atomic mass is 32.1. The van der Waals surface area contributed by atoms with Gasteiger partial charge in [-0.15, -0.1) is 0 Å². The van der Waals surface area contributed by atoms with E-state index in [1.54, 1.807) is 18.6 Å². The molecule has 0 saturated carbocycles. The number of esters is 1. The zero-order chi connectivity index (χ0) is 21.0. The molecule has 0 aliphatic heterocycles. The first-order chi connectivity index (χ1) is 13.9. The van der Waals surface area contributed by atoms with E-state index in [2.05, 4.69) is 11.1 Å². The van der Waals surface area contributed by atoms with E-state index < -0.39 is 0 Å². The Morgan fingerprint density at radius 1 is 1.17 bits per heavy atom. The van der Waals surface area contributed by atoms with Gasteiger partial charge in [-0.05, 0) is 55.7 Å². The van der Waals surface area contributed by atoms with Crippen molar-refractivity contribution < 1.29 is 19.1 Å². The van der Waals surface area contributed by atoms with Gasteiger partial charge in [0.15, 0.2) is 4.80 Å². The highest BCUT2D eigenvalue weighted by Gasteiger charge is 2.14. The van der Waals surface area contributed by atoms with Crippen LogP contribution in [0, 0.1) is 13.8 Å². The van der Waals surface area contributed by atoms with Crippen LogP contribution in [0.1, 0.15) is 23.6 Å². The number of rotatable bonds is 6. The summed E-state index contributed by atoms with van der Waals surface area (Å²) in [6, 6.07) is 11.4. The third-order valence-electron chi connectivity index (χ3n) is 4.42. The van der Waals surface area contributed by atoms with Crippen LogP contribution in [-0.2, 0) is 27.3 Å². The normalized spacial score (nSPS) is 11.7. The Labute approximate surface area is 173 Å². The van der Waals surface area contributed by atoms with Crippen LogP contribution in [0.4, 0.5) is 0 Å². The van der Waals surface area contributed by atoms with Crippen molar-refractivity contribution in [3.8, 4) is 5.75 Å². The summed E-state index contributed by atoms with van der Waals surface area (Å²) in [5.74, 6) is 0.0606. The van der Waals surface area contributed by atoms with E-state index in [-0.39, 0.29) is 24.8 Å². The number of fused-ring (bicyclic) bond motifs is 1. The Bertz CT molecular complexity index is 1130. The molecule has 152 valence electrons. The van der Waals surface area contributed by atoms with Crippen molar-refractivity contribution in [1.82, 2.24) is 4.57 Å². The molecule has 7 heteroatoms. The van der Waals surface area contributed by atoms with Gasteiger partial charge in [-0.25, -0.2) is 0 Å². The van der Waals surface area contributed by atoms with Gasteiger partial charge in [0.25, 0.3) is 5.91 Å². The van der Waals surface area contributed by atoms with Gasteiger partial charge in [0.05, 0.1) is 30.4 Å². The Morgan fingerprint density at radius 2 is 1.97 bits per heavy atom. The highest BCUT2D eigenvalue weighted by Crippen LogP contribution is 2.23. The van der Waals surface area contributed by atoms with Crippen LogP contribution in [-0.4, -0.2) is 30.2 Å². The van der Waals surface area contributed by atoms with Crippen LogP contribution in [0.2, 0.25) is 0 Å². The zero-order valence-corrected chi connectivity index (χ0v) is 17.8. The molecule has 1 heterocycles. The van der Waals surface area contributed by atoms with Crippen LogP contribution >= 0.6 is 11.3 Å². The second-order valence-corrected chi connectivity index (χ2v) is 7.72. The summed E-state index contributed by atoms with van der Waals surface area (Å²) >= 11 is 1.41. The molecule has 0 fully saturated rings. The van der Waals surface area contributed by atoms with Crippen molar-refractivity contribution in [3.63, 3.8) is 0 Å². The number of thiazole rings is 1. The number of benzene rings is 2. The number of methoxy groups -OCH3 is 1. The molecular weight excluding hydrogens is 388 g/mol. The first-order valence-corrected chi connectivity index (χ1v) is 10.2. The maximum Gasteiger partial charge on any atom is 0.326 e. The van der Waals surface area contributed by atoms with E-state index in [0.29, 0.717) is 17.2 Å². The maximum atomic E-state index is 12.6. The second kappa shape index (κ2) is 9.05. The fraction of sp³-hybridized carbons (Fsp3) is 0.318. The van der Waals surface area contributed by atoms with Gasteiger partial charge in [-0.2, -0.15) is 4.99 Å². The van der Waals surface area contributed by atoms with Crippen LogP contribution in [0.25, 0.3) is 10.2 Å². The van der Waals surface area contributed by atoms with E-state index in [1.807, 2.05) is 44.2 Å². The van der Waals surface area contributed by atoms with Crippen molar-refractivity contribution in [1.29, 1.82) is 0 Å². The molecule has 2 aromatic carbocycles. The Kier molecular flexibility index (Phi) is 6.49. The first kappa shape index (κ1) is 20.8. The third-order valence-corrected chi connectivity index (χ3v) is 5.65. The smallest absolute Gasteiger partial charge is 0.326 e. The number of carbonyl (C=O) groups excluding carboxylic acids is 2. The lowest BCUT2D eigenvalue weighted by Crippen LogP contribution is -2.23. The summed E-state index contributed by atoms with van der Waals surface area (Å²) in [7, 11) is 1.59. The van der Waals surface area contributed by atoms with E-state index in [0.717, 1.165) is 26.9 Å². The minimum atomic E-state index is -0.354. The van der Waals surface area contributed by atoms with Gasteiger partial charge in [0.2, 0.25) is 0 Å². The summed E-state index contributed by atoms with van der Waals surface area (Å²) in [6.45, 7) is 6.11. The molecule has 0 saturated heterocycles. The fourth-order valence-electron chi connectivity index (χ4n) is 3.19. The fourth-order valence-corrected chi connectivity index (χ4v) is 4.29. The van der Waals surface area contributed by atoms with E-state index in [4.69, 9.17) is 9.47 Å². The van der Waals surface area contributed by atoms with Crippen LogP contribution < -0.4 is 9.54 Å². The molecule has 0 radical (unpaired) electrons. The molecule has 0 aliphatic rings. The topological polar surface area (TPSA) is 69.9 Å². The number of aryl methyl sites for hydroxylation is 2. The largest absolute Gasteiger partial charge is 0.497 e. The molecule has 0 aliphatic carbocycles. The SMILES string of the molecule is CCOC(=O)Cn1c(=NC(=O)Cc2cccc(OC)c2)sc2c(C)cc(C)cc21. The summed E-state index contributed by atoms with van der Waals surface area (Å²) in [6.07, 6.45) is 0.156. The van der Waals surface area contributed by atoms with Crippen molar-refractivity contribution in [2.45, 2.75) is 33.7 Å². The van der Waals surface area contributed by atoms with Gasteiger partial charge in [0, 0.05) is 0 Å². The van der Waals surface area contributed by atoms with Gasteiger partial charge >= 0.3 is 5.97 Å². The quantitative estimate of drug-likeness (QED) is 0.581.